The Morgan fingerprint density at radius 3 is 2.68 bits per heavy atom. The summed E-state index contributed by atoms with van der Waals surface area (Å²) in [6.07, 6.45) is 4.75. The molecule has 0 aliphatic heterocycles. The average Bonchev–Trinajstić information content (AvgIpc) is 2.48. The van der Waals surface area contributed by atoms with Crippen LogP contribution in [0.2, 0.25) is 0 Å². The Morgan fingerprint density at radius 1 is 1.23 bits per heavy atom. The summed E-state index contributed by atoms with van der Waals surface area (Å²) in [6.45, 7) is 3.70. The lowest BCUT2D eigenvalue weighted by Gasteiger charge is -2.29. The Kier molecular flexibility index (Phi) is 6.31. The molecule has 0 radical (unpaired) electrons. The molecule has 0 bridgehead atoms. The first-order valence-corrected chi connectivity index (χ1v) is 8.83. The summed E-state index contributed by atoms with van der Waals surface area (Å²) >= 11 is 1.46. The maximum Gasteiger partial charge on any atom is 0.230 e. The molecular formula is C17H24N2O2S. The van der Waals surface area contributed by atoms with Crippen LogP contribution in [0.3, 0.4) is 0 Å². The SMILES string of the molecule is CC(=O)Nc1ccccc1SCC(=O)N[C@H]1CCCC[C@@H]1C. The van der Waals surface area contributed by atoms with Crippen LogP contribution in [0.1, 0.15) is 39.5 Å². The number of nitrogens with one attached hydrogen (secondary N) is 2. The zero-order chi connectivity index (χ0) is 15.9. The highest BCUT2D eigenvalue weighted by atomic mass is 32.2. The van der Waals surface area contributed by atoms with Crippen LogP contribution in [0.25, 0.3) is 0 Å². The third-order valence-corrected chi connectivity index (χ3v) is 5.09. The van der Waals surface area contributed by atoms with Crippen molar-refractivity contribution in [1.82, 2.24) is 5.32 Å². The molecule has 2 N–H and O–H groups in total. The van der Waals surface area contributed by atoms with Crippen molar-refractivity contribution in [3.63, 3.8) is 0 Å². The summed E-state index contributed by atoms with van der Waals surface area (Å²) in [7, 11) is 0. The van der Waals surface area contributed by atoms with E-state index < -0.39 is 0 Å². The minimum absolute atomic E-state index is 0.0707. The molecule has 1 aliphatic rings. The van der Waals surface area contributed by atoms with Crippen LogP contribution in [0.4, 0.5) is 5.69 Å². The molecule has 0 spiro atoms. The van der Waals surface area contributed by atoms with E-state index in [-0.39, 0.29) is 11.8 Å². The Morgan fingerprint density at radius 2 is 1.95 bits per heavy atom. The van der Waals surface area contributed by atoms with Gasteiger partial charge in [0.25, 0.3) is 0 Å². The van der Waals surface area contributed by atoms with Gasteiger partial charge in [0, 0.05) is 17.9 Å². The lowest BCUT2D eigenvalue weighted by molar-refractivity contribution is -0.119. The summed E-state index contributed by atoms with van der Waals surface area (Å²) in [5.74, 6) is 0.907. The van der Waals surface area contributed by atoms with E-state index in [2.05, 4.69) is 17.6 Å². The van der Waals surface area contributed by atoms with Crippen molar-refractivity contribution >= 4 is 29.3 Å². The zero-order valence-electron chi connectivity index (χ0n) is 13.2. The first kappa shape index (κ1) is 16.9. The molecule has 2 atom stereocenters. The lowest BCUT2D eigenvalue weighted by atomic mass is 9.86. The fourth-order valence-electron chi connectivity index (χ4n) is 2.81. The fraction of sp³-hybridized carbons (Fsp3) is 0.529. The fourth-order valence-corrected chi connectivity index (χ4v) is 3.63. The third kappa shape index (κ3) is 5.05. The van der Waals surface area contributed by atoms with Gasteiger partial charge in [-0.05, 0) is 30.9 Å². The maximum absolute atomic E-state index is 12.1. The number of hydrogen-bond donors (Lipinski definition) is 2. The predicted octanol–water partition coefficient (Wildman–Crippen LogP) is 3.43. The van der Waals surface area contributed by atoms with Gasteiger partial charge in [0.05, 0.1) is 11.4 Å². The molecule has 1 aliphatic carbocycles. The largest absolute Gasteiger partial charge is 0.352 e. The summed E-state index contributed by atoms with van der Waals surface area (Å²) in [5.41, 5.74) is 0.763. The molecule has 2 rings (SSSR count). The molecule has 2 amide bonds. The van der Waals surface area contributed by atoms with Gasteiger partial charge >= 0.3 is 0 Å². The number of thioether (sulfide) groups is 1. The standard InChI is InChI=1S/C17H24N2O2S/c1-12-7-3-4-8-14(12)19-17(21)11-22-16-10-6-5-9-15(16)18-13(2)20/h5-6,9-10,12,14H,3-4,7-8,11H2,1-2H3,(H,18,20)(H,19,21)/t12-,14-/m0/s1. The van der Waals surface area contributed by atoms with Gasteiger partial charge < -0.3 is 10.6 Å². The van der Waals surface area contributed by atoms with Gasteiger partial charge in [-0.2, -0.15) is 0 Å². The summed E-state index contributed by atoms with van der Waals surface area (Å²) in [5, 5.41) is 5.95. The molecule has 0 unspecified atom stereocenters. The first-order chi connectivity index (χ1) is 10.6. The van der Waals surface area contributed by atoms with Gasteiger partial charge in [-0.3, -0.25) is 9.59 Å². The second-order valence-electron chi connectivity index (χ2n) is 5.90. The normalized spacial score (nSPS) is 21.2. The number of anilines is 1. The van der Waals surface area contributed by atoms with E-state index in [1.165, 1.54) is 37.9 Å². The van der Waals surface area contributed by atoms with Gasteiger partial charge in [-0.1, -0.05) is 31.9 Å². The number of carbonyl (C=O) groups excluding carboxylic acids is 2. The monoisotopic (exact) mass is 320 g/mol. The number of hydrogen-bond acceptors (Lipinski definition) is 3. The summed E-state index contributed by atoms with van der Waals surface area (Å²) in [4.78, 5) is 24.3. The van der Waals surface area contributed by atoms with E-state index in [0.717, 1.165) is 17.0 Å². The topological polar surface area (TPSA) is 58.2 Å². The smallest absolute Gasteiger partial charge is 0.230 e. The number of para-hydroxylation sites is 1. The molecule has 1 aromatic rings. The highest BCUT2D eigenvalue weighted by Gasteiger charge is 2.22. The average molecular weight is 320 g/mol. The number of amides is 2. The summed E-state index contributed by atoms with van der Waals surface area (Å²) in [6, 6.07) is 7.87. The van der Waals surface area contributed by atoms with Gasteiger partial charge in [0.1, 0.15) is 0 Å². The van der Waals surface area contributed by atoms with Gasteiger partial charge in [0.15, 0.2) is 0 Å². The van der Waals surface area contributed by atoms with Crippen molar-refractivity contribution in [3.05, 3.63) is 24.3 Å². The zero-order valence-corrected chi connectivity index (χ0v) is 14.0. The molecule has 120 valence electrons. The number of carbonyl (C=O) groups is 2. The van der Waals surface area contributed by atoms with E-state index in [9.17, 15) is 9.59 Å². The maximum atomic E-state index is 12.1. The lowest BCUT2D eigenvalue weighted by Crippen LogP contribution is -2.41. The van der Waals surface area contributed by atoms with Crippen LogP contribution >= 0.6 is 11.8 Å². The van der Waals surface area contributed by atoms with Crippen molar-refractivity contribution in [1.29, 1.82) is 0 Å². The first-order valence-electron chi connectivity index (χ1n) is 7.85. The van der Waals surface area contributed by atoms with Crippen LogP contribution in [0.5, 0.6) is 0 Å². The molecule has 1 fully saturated rings. The molecular weight excluding hydrogens is 296 g/mol. The highest BCUT2D eigenvalue weighted by molar-refractivity contribution is 8.00. The Balaban J connectivity index is 1.87. The van der Waals surface area contributed by atoms with Crippen molar-refractivity contribution in [2.24, 2.45) is 5.92 Å². The predicted molar refractivity (Wildman–Crippen MR) is 91.0 cm³/mol. The van der Waals surface area contributed by atoms with Crippen LogP contribution in [0, 0.1) is 5.92 Å². The van der Waals surface area contributed by atoms with E-state index in [4.69, 9.17) is 0 Å². The van der Waals surface area contributed by atoms with Crippen LogP contribution in [-0.4, -0.2) is 23.6 Å². The van der Waals surface area contributed by atoms with E-state index in [1.54, 1.807) is 0 Å². The van der Waals surface area contributed by atoms with Crippen LogP contribution < -0.4 is 10.6 Å². The second kappa shape index (κ2) is 8.22. The molecule has 0 saturated heterocycles. The van der Waals surface area contributed by atoms with Gasteiger partial charge in [0.2, 0.25) is 11.8 Å². The minimum atomic E-state index is -0.103. The molecule has 1 saturated carbocycles. The minimum Gasteiger partial charge on any atom is -0.352 e. The quantitative estimate of drug-likeness (QED) is 0.817. The van der Waals surface area contributed by atoms with Crippen molar-refractivity contribution in [3.8, 4) is 0 Å². The summed E-state index contributed by atoms with van der Waals surface area (Å²) < 4.78 is 0. The molecule has 1 aromatic carbocycles. The molecule has 4 nitrogen and oxygen atoms in total. The van der Waals surface area contributed by atoms with Gasteiger partial charge in [-0.25, -0.2) is 0 Å². The van der Waals surface area contributed by atoms with Crippen molar-refractivity contribution in [2.75, 3.05) is 11.1 Å². The van der Waals surface area contributed by atoms with Crippen molar-refractivity contribution in [2.45, 2.75) is 50.5 Å². The molecule has 0 heterocycles. The second-order valence-corrected chi connectivity index (χ2v) is 6.92. The Labute approximate surface area is 136 Å². The Bertz CT molecular complexity index is 533. The van der Waals surface area contributed by atoms with E-state index >= 15 is 0 Å². The Hall–Kier alpha value is -1.49. The highest BCUT2D eigenvalue weighted by Crippen LogP contribution is 2.27. The van der Waals surface area contributed by atoms with Crippen molar-refractivity contribution < 1.29 is 9.59 Å². The molecule has 22 heavy (non-hydrogen) atoms. The van der Waals surface area contributed by atoms with Crippen LogP contribution in [0.15, 0.2) is 29.2 Å². The van der Waals surface area contributed by atoms with Gasteiger partial charge in [-0.15, -0.1) is 11.8 Å². The molecule has 0 aromatic heterocycles. The molecule has 5 heteroatoms. The number of benzene rings is 1. The van der Waals surface area contributed by atoms with E-state index in [1.807, 2.05) is 24.3 Å². The van der Waals surface area contributed by atoms with Crippen LogP contribution in [-0.2, 0) is 9.59 Å². The number of rotatable bonds is 5. The third-order valence-electron chi connectivity index (χ3n) is 4.01. The van der Waals surface area contributed by atoms with E-state index in [0.29, 0.717) is 17.7 Å².